The number of carbonyl (C=O) groups is 1. The van der Waals surface area contributed by atoms with Crippen LogP contribution >= 0.6 is 0 Å². The zero-order chi connectivity index (χ0) is 19.9. The molecule has 1 unspecified atom stereocenters. The van der Waals surface area contributed by atoms with Crippen LogP contribution in [0.3, 0.4) is 0 Å². The summed E-state index contributed by atoms with van der Waals surface area (Å²) in [5.41, 5.74) is 2.93. The van der Waals surface area contributed by atoms with Crippen molar-refractivity contribution in [1.29, 1.82) is 0 Å². The fourth-order valence-corrected chi connectivity index (χ4v) is 4.06. The fraction of sp³-hybridized carbons (Fsp3) is 0.524. The third-order valence-electron chi connectivity index (χ3n) is 5.71. The van der Waals surface area contributed by atoms with Crippen LogP contribution in [-0.2, 0) is 9.47 Å². The van der Waals surface area contributed by atoms with E-state index in [-0.39, 0.29) is 12.1 Å². The first-order valence-electron chi connectivity index (χ1n) is 9.76. The number of para-hydroxylation sites is 1. The molecule has 0 radical (unpaired) electrons. The third kappa shape index (κ3) is 3.64. The highest BCUT2D eigenvalue weighted by molar-refractivity contribution is 5.91. The van der Waals surface area contributed by atoms with Gasteiger partial charge in [0.1, 0.15) is 6.10 Å². The van der Waals surface area contributed by atoms with Gasteiger partial charge in [-0.1, -0.05) is 18.2 Å². The number of fused-ring (bicyclic) bond motifs is 1. The number of hydrogen-bond donors (Lipinski definition) is 1. The van der Waals surface area contributed by atoms with Gasteiger partial charge in [-0.25, -0.2) is 9.78 Å². The Labute approximate surface area is 164 Å². The molecule has 7 heteroatoms. The molecule has 0 saturated carbocycles. The van der Waals surface area contributed by atoms with E-state index < -0.39 is 11.9 Å². The number of pyridine rings is 1. The van der Waals surface area contributed by atoms with Gasteiger partial charge in [-0.2, -0.15) is 0 Å². The average Bonchev–Trinajstić information content (AvgIpc) is 3.06. The molecule has 150 valence electrons. The van der Waals surface area contributed by atoms with Crippen molar-refractivity contribution < 1.29 is 19.4 Å². The standard InChI is InChI=1S/C21H27N3O4/c1-21(2)27-13-18(28-21)16-8-7-14-5-4-6-17(19(14)22-16)24-11-9-15(10-12-24)23(3)20(25)26/h4-8,15,18H,9-13H2,1-3H3,(H,25,26). The van der Waals surface area contributed by atoms with Crippen LogP contribution in [0, 0.1) is 0 Å². The van der Waals surface area contributed by atoms with Crippen LogP contribution in [0.5, 0.6) is 0 Å². The molecule has 1 amide bonds. The molecule has 1 N–H and O–H groups in total. The second kappa shape index (κ2) is 7.22. The van der Waals surface area contributed by atoms with Gasteiger partial charge in [0.05, 0.1) is 23.5 Å². The van der Waals surface area contributed by atoms with E-state index in [0.717, 1.165) is 48.2 Å². The highest BCUT2D eigenvalue weighted by atomic mass is 16.7. The summed E-state index contributed by atoms with van der Waals surface area (Å²) >= 11 is 0. The minimum Gasteiger partial charge on any atom is -0.465 e. The monoisotopic (exact) mass is 385 g/mol. The van der Waals surface area contributed by atoms with Crippen LogP contribution in [0.25, 0.3) is 10.9 Å². The van der Waals surface area contributed by atoms with Crippen LogP contribution in [0.15, 0.2) is 30.3 Å². The zero-order valence-electron chi connectivity index (χ0n) is 16.6. The first kappa shape index (κ1) is 19.0. The van der Waals surface area contributed by atoms with E-state index in [1.54, 1.807) is 7.05 Å². The summed E-state index contributed by atoms with van der Waals surface area (Å²) in [4.78, 5) is 19.9. The van der Waals surface area contributed by atoms with Gasteiger partial charge >= 0.3 is 6.09 Å². The average molecular weight is 385 g/mol. The fourth-order valence-electron chi connectivity index (χ4n) is 4.06. The van der Waals surface area contributed by atoms with Crippen molar-refractivity contribution >= 4 is 22.7 Å². The molecule has 2 aliphatic rings. The predicted octanol–water partition coefficient (Wildman–Crippen LogP) is 3.64. The van der Waals surface area contributed by atoms with Gasteiger partial charge in [0.15, 0.2) is 5.79 Å². The van der Waals surface area contributed by atoms with Crippen molar-refractivity contribution in [3.8, 4) is 0 Å². The maximum atomic E-state index is 11.2. The topological polar surface area (TPSA) is 75.1 Å². The number of rotatable bonds is 3. The van der Waals surface area contributed by atoms with Gasteiger partial charge in [-0.15, -0.1) is 0 Å². The number of anilines is 1. The Hall–Kier alpha value is -2.38. The second-order valence-corrected chi connectivity index (χ2v) is 8.01. The van der Waals surface area contributed by atoms with Crippen molar-refractivity contribution in [2.45, 2.75) is 44.6 Å². The quantitative estimate of drug-likeness (QED) is 0.869. The maximum absolute atomic E-state index is 11.2. The molecule has 2 aliphatic heterocycles. The van der Waals surface area contributed by atoms with Crippen molar-refractivity contribution in [3.05, 3.63) is 36.0 Å². The van der Waals surface area contributed by atoms with Crippen LogP contribution in [0.4, 0.5) is 10.5 Å². The van der Waals surface area contributed by atoms with E-state index in [4.69, 9.17) is 14.5 Å². The van der Waals surface area contributed by atoms with Gasteiger partial charge < -0.3 is 24.4 Å². The number of hydrogen-bond acceptors (Lipinski definition) is 5. The Morgan fingerprint density at radius 2 is 2.00 bits per heavy atom. The molecule has 0 spiro atoms. The molecular weight excluding hydrogens is 358 g/mol. The van der Waals surface area contributed by atoms with Crippen LogP contribution < -0.4 is 4.90 Å². The molecule has 4 rings (SSSR count). The van der Waals surface area contributed by atoms with Crippen molar-refractivity contribution in [1.82, 2.24) is 9.88 Å². The number of piperidine rings is 1. The van der Waals surface area contributed by atoms with Crippen molar-refractivity contribution in [2.75, 3.05) is 31.6 Å². The lowest BCUT2D eigenvalue weighted by atomic mass is 10.0. The molecule has 0 bridgehead atoms. The van der Waals surface area contributed by atoms with Crippen molar-refractivity contribution in [2.24, 2.45) is 0 Å². The molecule has 28 heavy (non-hydrogen) atoms. The second-order valence-electron chi connectivity index (χ2n) is 8.01. The minimum absolute atomic E-state index is 0.0681. The number of amides is 1. The largest absolute Gasteiger partial charge is 0.465 e. The number of benzene rings is 1. The highest BCUT2D eigenvalue weighted by Crippen LogP contribution is 2.34. The SMILES string of the molecule is CN(C(=O)O)C1CCN(c2cccc3ccc(C4COC(C)(C)O4)nc23)CC1. The molecule has 1 aromatic heterocycles. The van der Waals surface area contributed by atoms with E-state index in [1.165, 1.54) is 4.90 Å². The van der Waals surface area contributed by atoms with Gasteiger partial charge in [0.25, 0.3) is 0 Å². The molecule has 1 aromatic carbocycles. The van der Waals surface area contributed by atoms with E-state index in [9.17, 15) is 9.90 Å². The Bertz CT molecular complexity index is 877. The Morgan fingerprint density at radius 1 is 1.25 bits per heavy atom. The minimum atomic E-state index is -0.864. The number of nitrogens with zero attached hydrogens (tertiary/aromatic N) is 3. The third-order valence-corrected chi connectivity index (χ3v) is 5.71. The molecule has 2 aromatic rings. The van der Waals surface area contributed by atoms with Crippen LogP contribution in [0.2, 0.25) is 0 Å². The molecule has 7 nitrogen and oxygen atoms in total. The predicted molar refractivity (Wildman–Crippen MR) is 107 cm³/mol. The van der Waals surface area contributed by atoms with E-state index in [2.05, 4.69) is 23.1 Å². The molecule has 3 heterocycles. The van der Waals surface area contributed by atoms with E-state index in [0.29, 0.717) is 6.61 Å². The maximum Gasteiger partial charge on any atom is 0.407 e. The Balaban J connectivity index is 1.58. The lowest BCUT2D eigenvalue weighted by Gasteiger charge is -2.37. The number of ether oxygens (including phenoxy) is 2. The molecular formula is C21H27N3O4. The summed E-state index contributed by atoms with van der Waals surface area (Å²) in [5, 5.41) is 10.3. The van der Waals surface area contributed by atoms with E-state index in [1.807, 2.05) is 26.0 Å². The smallest absolute Gasteiger partial charge is 0.407 e. The van der Waals surface area contributed by atoms with Crippen LogP contribution in [-0.4, -0.2) is 59.7 Å². The number of aromatic nitrogens is 1. The first-order chi connectivity index (χ1) is 13.3. The molecule has 1 atom stereocenters. The molecule has 2 saturated heterocycles. The summed E-state index contributed by atoms with van der Waals surface area (Å²) in [6.07, 6.45) is 0.596. The summed E-state index contributed by atoms with van der Waals surface area (Å²) in [6.45, 7) is 5.95. The summed E-state index contributed by atoms with van der Waals surface area (Å²) in [7, 11) is 1.65. The molecule has 0 aliphatic carbocycles. The van der Waals surface area contributed by atoms with Gasteiger partial charge in [-0.3, -0.25) is 0 Å². The Kier molecular flexibility index (Phi) is 4.89. The summed E-state index contributed by atoms with van der Waals surface area (Å²) in [5.74, 6) is -0.584. The van der Waals surface area contributed by atoms with Crippen LogP contribution in [0.1, 0.15) is 38.5 Å². The lowest BCUT2D eigenvalue weighted by molar-refractivity contribution is -0.139. The lowest BCUT2D eigenvalue weighted by Crippen LogP contribution is -2.45. The van der Waals surface area contributed by atoms with Gasteiger partial charge in [-0.05, 0) is 38.8 Å². The van der Waals surface area contributed by atoms with Crippen molar-refractivity contribution in [3.63, 3.8) is 0 Å². The summed E-state index contributed by atoms with van der Waals surface area (Å²) in [6, 6.07) is 10.4. The van der Waals surface area contributed by atoms with E-state index >= 15 is 0 Å². The number of carboxylic acid groups (broad SMARTS) is 1. The first-order valence-corrected chi connectivity index (χ1v) is 9.76. The normalized spacial score (nSPS) is 22.5. The Morgan fingerprint density at radius 3 is 2.64 bits per heavy atom. The summed E-state index contributed by atoms with van der Waals surface area (Å²) < 4.78 is 11.7. The van der Waals surface area contributed by atoms with Gasteiger partial charge in [0.2, 0.25) is 0 Å². The van der Waals surface area contributed by atoms with Gasteiger partial charge in [0, 0.05) is 31.6 Å². The molecule has 2 fully saturated rings. The zero-order valence-corrected chi connectivity index (χ0v) is 16.6. The highest BCUT2D eigenvalue weighted by Gasteiger charge is 2.34.